The fraction of sp³-hybridized carbons (Fsp3) is 0.378. The minimum atomic E-state index is -1.90. The number of aliphatic hydroxyl groups is 8. The number of aliphatic hydroxyl groups excluding tert-OH is 7. The summed E-state index contributed by atoms with van der Waals surface area (Å²) in [5.41, 5.74) is 0.772. The van der Waals surface area contributed by atoms with Gasteiger partial charge in [-0.05, 0) is 42.0 Å². The van der Waals surface area contributed by atoms with Gasteiger partial charge in [-0.3, -0.25) is 0 Å². The van der Waals surface area contributed by atoms with Crippen molar-refractivity contribution in [3.05, 3.63) is 77.1 Å². The first-order valence-electron chi connectivity index (χ1n) is 17.1. The molecule has 2 saturated heterocycles. The van der Waals surface area contributed by atoms with Gasteiger partial charge < -0.3 is 89.3 Å². The van der Waals surface area contributed by atoms with Crippen LogP contribution < -0.4 is 9.47 Å². The quantitative estimate of drug-likeness (QED) is 0.0486. The zero-order valence-electron chi connectivity index (χ0n) is 29.3. The SMILES string of the molecule is COc1cc(C=CC(=O)OCC2OC(OC3=Cc4c(OC5OC(CO)C(O)C(O)C5O)cc(O)cc4[OH+]C3c3ccc(O)c(O)c3)C(O)C(O)C2O)ccc1O. The van der Waals surface area contributed by atoms with Crippen LogP contribution in [-0.4, -0.2) is 149 Å². The van der Waals surface area contributed by atoms with Crippen molar-refractivity contribution in [2.75, 3.05) is 20.3 Å². The molecule has 0 spiro atoms. The second-order valence-electron chi connectivity index (χ2n) is 13.0. The van der Waals surface area contributed by atoms with Gasteiger partial charge in [-0.2, -0.15) is 0 Å². The highest BCUT2D eigenvalue weighted by molar-refractivity contribution is 5.87. The summed E-state index contributed by atoms with van der Waals surface area (Å²) in [7, 11) is 1.36. The van der Waals surface area contributed by atoms with Gasteiger partial charge in [0.05, 0.1) is 25.3 Å². The number of hydrogen-bond acceptors (Lipinski definition) is 18. The Morgan fingerprint density at radius 1 is 0.750 bits per heavy atom. The Hall–Kier alpha value is -5.35. The number of hydrogen-bond donors (Lipinski definition) is 11. The molecule has 302 valence electrons. The van der Waals surface area contributed by atoms with Crippen LogP contribution in [0.1, 0.15) is 22.8 Å². The summed E-state index contributed by atoms with van der Waals surface area (Å²) < 4.78 is 38.1. The van der Waals surface area contributed by atoms with Gasteiger partial charge in [0.1, 0.15) is 72.5 Å². The lowest BCUT2D eigenvalue weighted by Gasteiger charge is -2.41. The monoisotopic (exact) mass is 789 g/mol. The van der Waals surface area contributed by atoms with Crippen LogP contribution >= 0.6 is 0 Å². The van der Waals surface area contributed by atoms with E-state index in [1.807, 2.05) is 0 Å². The molecule has 3 aliphatic rings. The fourth-order valence-corrected chi connectivity index (χ4v) is 6.17. The van der Waals surface area contributed by atoms with E-state index in [-0.39, 0.29) is 45.6 Å². The lowest BCUT2D eigenvalue weighted by Crippen LogP contribution is -2.60. The highest BCUT2D eigenvalue weighted by Gasteiger charge is 2.48. The summed E-state index contributed by atoms with van der Waals surface area (Å²) in [6, 6.07) is 10.4. The van der Waals surface area contributed by atoms with E-state index in [4.69, 9.17) is 28.4 Å². The lowest BCUT2D eigenvalue weighted by atomic mass is 9.98. The molecule has 6 rings (SSSR count). The van der Waals surface area contributed by atoms with Crippen LogP contribution in [-0.2, 0) is 23.7 Å². The van der Waals surface area contributed by atoms with Crippen LogP contribution in [0.3, 0.4) is 0 Å². The maximum Gasteiger partial charge on any atom is 0.330 e. The van der Waals surface area contributed by atoms with E-state index in [0.717, 1.165) is 12.1 Å². The molecular formula is C37H41O19+. The lowest BCUT2D eigenvalue weighted by molar-refractivity contribution is -0.296. The fourth-order valence-electron chi connectivity index (χ4n) is 6.17. The summed E-state index contributed by atoms with van der Waals surface area (Å²) in [6.45, 7) is -1.36. The first-order valence-corrected chi connectivity index (χ1v) is 17.1. The number of carbonyl (C=O) groups excluding carboxylic acids is 1. The molecule has 0 radical (unpaired) electrons. The number of methoxy groups -OCH3 is 1. The van der Waals surface area contributed by atoms with Crippen LogP contribution in [0.15, 0.2) is 60.4 Å². The van der Waals surface area contributed by atoms with Gasteiger partial charge in [0, 0.05) is 18.2 Å². The molecule has 0 aromatic heterocycles. The highest BCUT2D eigenvalue weighted by atomic mass is 16.7. The van der Waals surface area contributed by atoms with Gasteiger partial charge in [0.15, 0.2) is 28.8 Å². The van der Waals surface area contributed by atoms with Gasteiger partial charge >= 0.3 is 5.97 Å². The van der Waals surface area contributed by atoms with Crippen molar-refractivity contribution in [1.82, 2.24) is 0 Å². The molecule has 19 heteroatoms. The van der Waals surface area contributed by atoms with Crippen molar-refractivity contribution in [2.24, 2.45) is 0 Å². The third kappa shape index (κ3) is 8.40. The third-order valence-electron chi connectivity index (χ3n) is 9.26. The number of benzene rings is 3. The topological polar surface area (TPSA) is 308 Å². The average Bonchev–Trinajstić information content (AvgIpc) is 3.18. The largest absolute Gasteiger partial charge is 0.571 e. The van der Waals surface area contributed by atoms with Crippen LogP contribution in [0.2, 0.25) is 0 Å². The maximum atomic E-state index is 12.6. The molecule has 3 aliphatic heterocycles. The van der Waals surface area contributed by atoms with E-state index in [1.54, 1.807) is 0 Å². The summed E-state index contributed by atoms with van der Waals surface area (Å²) in [5, 5.41) is 114. The molecule has 0 saturated carbocycles. The Bertz CT molecular complexity index is 1950. The van der Waals surface area contributed by atoms with Crippen molar-refractivity contribution in [3.8, 4) is 40.2 Å². The van der Waals surface area contributed by atoms with Crippen molar-refractivity contribution in [2.45, 2.75) is 67.5 Å². The number of carbonyl (C=O) groups is 1. The van der Waals surface area contributed by atoms with Gasteiger partial charge in [-0.1, -0.05) is 6.07 Å². The molecule has 11 atom stereocenters. The smallest absolute Gasteiger partial charge is 0.330 e. The van der Waals surface area contributed by atoms with Crippen molar-refractivity contribution < 1.29 is 94.1 Å². The maximum absolute atomic E-state index is 12.6. The zero-order valence-corrected chi connectivity index (χ0v) is 29.3. The molecule has 2 fully saturated rings. The molecule has 0 bridgehead atoms. The zero-order chi connectivity index (χ0) is 40.4. The molecule has 0 aliphatic carbocycles. The molecule has 12 N–H and O–H groups in total. The summed E-state index contributed by atoms with van der Waals surface area (Å²) in [6.07, 6.45) is -14.5. The predicted octanol–water partition coefficient (Wildman–Crippen LogP) is -0.886. The number of aromatic hydroxyl groups is 5. The predicted molar refractivity (Wildman–Crippen MR) is 187 cm³/mol. The second-order valence-corrected chi connectivity index (χ2v) is 13.0. The standard InChI is InChI=1S/C37H40O19/c1-50-24-8-15(2-5-20(24)41)3-7-28(43)51-14-27-30(45)32(47)34(49)37(56-27)54-25-12-18-22(52-35(25)16-4-6-19(40)21(42)9-16)10-17(39)11-23(18)53-36-33(48)31(46)29(44)26(13-38)55-36/h2-12,26-27,29-42,44-49H,13-14H2,1H3/p+1. The highest BCUT2D eigenvalue weighted by Crippen LogP contribution is 2.47. The van der Waals surface area contributed by atoms with Gasteiger partial charge in [0.2, 0.25) is 12.6 Å². The van der Waals surface area contributed by atoms with Crippen molar-refractivity contribution in [3.63, 3.8) is 0 Å². The number of phenols is 4. The molecule has 3 aromatic rings. The third-order valence-corrected chi connectivity index (χ3v) is 9.26. The molecule has 19 nitrogen and oxygen atoms in total. The number of ether oxygens (including phenoxy) is 7. The van der Waals surface area contributed by atoms with Gasteiger partial charge in [-0.25, -0.2) is 4.79 Å². The molecule has 3 aromatic carbocycles. The van der Waals surface area contributed by atoms with Crippen LogP contribution in [0.25, 0.3) is 12.2 Å². The van der Waals surface area contributed by atoms with Crippen molar-refractivity contribution in [1.29, 1.82) is 0 Å². The molecule has 11 unspecified atom stereocenters. The number of rotatable bonds is 11. The van der Waals surface area contributed by atoms with E-state index in [1.165, 1.54) is 61.7 Å². The average molecular weight is 790 g/mol. The first-order chi connectivity index (χ1) is 26.7. The van der Waals surface area contributed by atoms with Gasteiger partial charge in [0.25, 0.3) is 11.9 Å². The Labute approximate surface area is 317 Å². The normalized spacial score (nSPS) is 30.1. The van der Waals surface area contributed by atoms with Crippen LogP contribution in [0.4, 0.5) is 0 Å². The van der Waals surface area contributed by atoms with Crippen LogP contribution in [0.5, 0.6) is 40.2 Å². The van der Waals surface area contributed by atoms with E-state index in [9.17, 15) is 61.0 Å². The summed E-state index contributed by atoms with van der Waals surface area (Å²) in [4.78, 5) is 12.6. The molecule has 0 amide bonds. The molecule has 3 heterocycles. The Balaban J connectivity index is 1.27. The number of phenolic OH excluding ortho intramolecular Hbond substituents is 4. The number of esters is 1. The molecule has 56 heavy (non-hydrogen) atoms. The van der Waals surface area contributed by atoms with Gasteiger partial charge in [-0.15, -0.1) is 0 Å². The Kier molecular flexibility index (Phi) is 12.1. The summed E-state index contributed by atoms with van der Waals surface area (Å²) >= 11 is 0. The summed E-state index contributed by atoms with van der Waals surface area (Å²) in [5.74, 6) is -2.48. The minimum absolute atomic E-state index is 0.0543. The van der Waals surface area contributed by atoms with Crippen LogP contribution in [0, 0.1) is 0 Å². The van der Waals surface area contributed by atoms with E-state index in [0.29, 0.717) is 5.56 Å². The second kappa shape index (κ2) is 16.8. The molecular weight excluding hydrogens is 748 g/mol. The van der Waals surface area contributed by atoms with E-state index in [2.05, 4.69) is 4.74 Å². The Morgan fingerprint density at radius 3 is 2.09 bits per heavy atom. The van der Waals surface area contributed by atoms with E-state index >= 15 is 0 Å². The minimum Gasteiger partial charge on any atom is -0.571 e. The number of fused-ring (bicyclic) bond motifs is 1. The Morgan fingerprint density at radius 2 is 1.41 bits per heavy atom. The van der Waals surface area contributed by atoms with E-state index < -0.39 is 98.2 Å². The first kappa shape index (κ1) is 40.3. The van der Waals surface area contributed by atoms with Crippen molar-refractivity contribution >= 4 is 18.1 Å².